The third kappa shape index (κ3) is 5.15. The molecule has 9 heteroatoms. The fourth-order valence-electron chi connectivity index (χ4n) is 2.51. The second kappa shape index (κ2) is 9.10. The van der Waals surface area contributed by atoms with Crippen LogP contribution in [0.4, 0.5) is 5.69 Å². The lowest BCUT2D eigenvalue weighted by atomic mass is 10.2. The Balaban J connectivity index is 1.69. The highest BCUT2D eigenvalue weighted by Gasteiger charge is 2.17. The van der Waals surface area contributed by atoms with Gasteiger partial charge in [-0.15, -0.1) is 0 Å². The second-order valence-corrected chi connectivity index (χ2v) is 7.84. The summed E-state index contributed by atoms with van der Waals surface area (Å²) in [5.41, 5.74) is 6.98. The Kier molecular flexibility index (Phi) is 6.33. The van der Waals surface area contributed by atoms with Gasteiger partial charge in [0.05, 0.1) is 17.7 Å². The van der Waals surface area contributed by atoms with Gasteiger partial charge < -0.3 is 4.74 Å². The molecule has 0 fully saturated rings. The number of ether oxygens (including phenoxy) is 1. The first-order valence-corrected chi connectivity index (χ1v) is 10.3. The van der Waals surface area contributed by atoms with E-state index in [0.717, 1.165) is 5.56 Å². The SMILES string of the molecule is C=C(NNC(=O)c1cccc(S(=O)(=O)Nc2ccc(OC)cc2)c1)c1ccncc1. The average molecular weight is 424 g/mol. The number of amides is 1. The number of aromatic nitrogens is 1. The van der Waals surface area contributed by atoms with E-state index in [1.807, 2.05) is 0 Å². The van der Waals surface area contributed by atoms with E-state index >= 15 is 0 Å². The number of nitrogens with one attached hydrogen (secondary N) is 3. The molecule has 0 aliphatic rings. The number of hydrazine groups is 1. The number of methoxy groups -OCH3 is 1. The smallest absolute Gasteiger partial charge is 0.269 e. The Morgan fingerprint density at radius 3 is 2.33 bits per heavy atom. The molecule has 3 rings (SSSR count). The van der Waals surface area contributed by atoms with Gasteiger partial charge in [-0.2, -0.15) is 0 Å². The number of carbonyl (C=O) groups excluding carboxylic acids is 1. The lowest BCUT2D eigenvalue weighted by molar-refractivity contribution is 0.0942. The number of hydrogen-bond acceptors (Lipinski definition) is 6. The Hall–Kier alpha value is -3.85. The van der Waals surface area contributed by atoms with Crippen LogP contribution in [0.5, 0.6) is 5.75 Å². The van der Waals surface area contributed by atoms with Crippen LogP contribution in [0.15, 0.2) is 84.5 Å². The molecular formula is C21H20N4O4S. The predicted octanol–water partition coefficient (Wildman–Crippen LogP) is 2.80. The molecule has 3 aromatic rings. The standard InChI is InChI=1S/C21H20N4O4S/c1-15(16-10-12-22-13-11-16)23-24-21(26)17-4-3-5-20(14-17)30(27,28)25-18-6-8-19(29-2)9-7-18/h3-14,23,25H,1H2,2H3,(H,24,26). The number of sulfonamides is 1. The Labute approximate surface area is 174 Å². The third-order valence-electron chi connectivity index (χ3n) is 4.10. The van der Waals surface area contributed by atoms with E-state index in [-0.39, 0.29) is 10.5 Å². The van der Waals surface area contributed by atoms with Gasteiger partial charge in [0.1, 0.15) is 5.75 Å². The van der Waals surface area contributed by atoms with Crippen LogP contribution in [0.25, 0.3) is 5.70 Å². The minimum atomic E-state index is -3.88. The lowest BCUT2D eigenvalue weighted by Crippen LogP contribution is -2.35. The molecule has 3 N–H and O–H groups in total. The lowest BCUT2D eigenvalue weighted by Gasteiger charge is -2.12. The number of pyridine rings is 1. The summed E-state index contributed by atoms with van der Waals surface area (Å²) >= 11 is 0. The van der Waals surface area contributed by atoms with Gasteiger partial charge in [0.2, 0.25) is 0 Å². The van der Waals surface area contributed by atoms with Crippen LogP contribution in [0, 0.1) is 0 Å². The molecular weight excluding hydrogens is 404 g/mol. The quantitative estimate of drug-likeness (QED) is 0.480. The average Bonchev–Trinajstić information content (AvgIpc) is 2.78. The van der Waals surface area contributed by atoms with Gasteiger partial charge in [0, 0.05) is 29.2 Å². The van der Waals surface area contributed by atoms with Crippen molar-refractivity contribution in [1.29, 1.82) is 0 Å². The summed E-state index contributed by atoms with van der Waals surface area (Å²) in [6.07, 6.45) is 3.21. The van der Waals surface area contributed by atoms with Gasteiger partial charge in [-0.25, -0.2) is 8.42 Å². The number of rotatable bonds is 8. The topological polar surface area (TPSA) is 109 Å². The van der Waals surface area contributed by atoms with Gasteiger partial charge in [-0.1, -0.05) is 12.6 Å². The monoisotopic (exact) mass is 424 g/mol. The maximum atomic E-state index is 12.7. The van der Waals surface area contributed by atoms with Gasteiger partial charge in [0.15, 0.2) is 0 Å². The molecule has 0 radical (unpaired) electrons. The van der Waals surface area contributed by atoms with Crippen LogP contribution in [0.2, 0.25) is 0 Å². The van der Waals surface area contributed by atoms with Gasteiger partial charge in [-0.05, 0) is 54.6 Å². The highest BCUT2D eigenvalue weighted by Crippen LogP contribution is 2.20. The van der Waals surface area contributed by atoms with Gasteiger partial charge in [-0.3, -0.25) is 25.4 Å². The van der Waals surface area contributed by atoms with Crippen LogP contribution in [-0.4, -0.2) is 26.4 Å². The molecule has 0 spiro atoms. The summed E-state index contributed by atoms with van der Waals surface area (Å²) in [6.45, 7) is 3.84. The van der Waals surface area contributed by atoms with Crippen LogP contribution in [0.3, 0.4) is 0 Å². The number of carbonyl (C=O) groups is 1. The fraction of sp³-hybridized carbons (Fsp3) is 0.0476. The zero-order valence-corrected chi connectivity index (χ0v) is 16.9. The summed E-state index contributed by atoms with van der Waals surface area (Å²) in [6, 6.07) is 15.6. The number of benzene rings is 2. The van der Waals surface area contributed by atoms with Gasteiger partial charge >= 0.3 is 0 Å². The third-order valence-corrected chi connectivity index (χ3v) is 5.48. The number of anilines is 1. The summed E-state index contributed by atoms with van der Waals surface area (Å²) in [5, 5.41) is 0. The highest BCUT2D eigenvalue weighted by molar-refractivity contribution is 7.92. The largest absolute Gasteiger partial charge is 0.497 e. The molecule has 0 unspecified atom stereocenters. The molecule has 0 saturated heterocycles. The molecule has 0 bridgehead atoms. The summed E-state index contributed by atoms with van der Waals surface area (Å²) in [5.74, 6) is 0.101. The molecule has 0 aliphatic heterocycles. The van der Waals surface area contributed by atoms with E-state index in [0.29, 0.717) is 17.1 Å². The van der Waals surface area contributed by atoms with Crippen LogP contribution < -0.4 is 20.3 Å². The highest BCUT2D eigenvalue weighted by atomic mass is 32.2. The molecule has 154 valence electrons. The van der Waals surface area contributed by atoms with Crippen molar-refractivity contribution in [2.24, 2.45) is 0 Å². The first kappa shape index (κ1) is 20.9. The van der Waals surface area contributed by atoms with Crippen molar-refractivity contribution < 1.29 is 17.9 Å². The molecule has 1 amide bonds. The molecule has 0 atom stereocenters. The van der Waals surface area contributed by atoms with Crippen molar-refractivity contribution in [2.75, 3.05) is 11.8 Å². The van der Waals surface area contributed by atoms with Crippen molar-refractivity contribution in [3.05, 3.63) is 90.8 Å². The first-order chi connectivity index (χ1) is 14.4. The second-order valence-electron chi connectivity index (χ2n) is 6.16. The number of hydrogen-bond donors (Lipinski definition) is 3. The minimum absolute atomic E-state index is 0.0427. The summed E-state index contributed by atoms with van der Waals surface area (Å²) < 4.78 is 32.9. The van der Waals surface area contributed by atoms with Crippen molar-refractivity contribution in [3.63, 3.8) is 0 Å². The van der Waals surface area contributed by atoms with Crippen molar-refractivity contribution in [1.82, 2.24) is 15.8 Å². The first-order valence-electron chi connectivity index (χ1n) is 8.81. The van der Waals surface area contributed by atoms with Crippen molar-refractivity contribution in [2.45, 2.75) is 4.90 Å². The fourth-order valence-corrected chi connectivity index (χ4v) is 3.61. The molecule has 8 nitrogen and oxygen atoms in total. The molecule has 1 heterocycles. The molecule has 1 aromatic heterocycles. The van der Waals surface area contributed by atoms with E-state index in [1.54, 1.807) is 48.8 Å². The maximum absolute atomic E-state index is 12.7. The predicted molar refractivity (Wildman–Crippen MR) is 114 cm³/mol. The van der Waals surface area contributed by atoms with Crippen LogP contribution in [0.1, 0.15) is 15.9 Å². The Morgan fingerprint density at radius 1 is 0.967 bits per heavy atom. The Bertz CT molecular complexity index is 1150. The molecule has 2 aromatic carbocycles. The number of nitrogens with zero attached hydrogens (tertiary/aromatic N) is 1. The normalized spacial score (nSPS) is 10.7. The zero-order valence-electron chi connectivity index (χ0n) is 16.1. The minimum Gasteiger partial charge on any atom is -0.497 e. The van der Waals surface area contributed by atoms with E-state index in [9.17, 15) is 13.2 Å². The van der Waals surface area contributed by atoms with E-state index in [1.165, 1.54) is 31.4 Å². The maximum Gasteiger partial charge on any atom is 0.269 e. The van der Waals surface area contributed by atoms with E-state index in [4.69, 9.17) is 4.74 Å². The van der Waals surface area contributed by atoms with Crippen molar-refractivity contribution >= 4 is 27.3 Å². The molecule has 30 heavy (non-hydrogen) atoms. The van der Waals surface area contributed by atoms with E-state index < -0.39 is 15.9 Å². The Morgan fingerprint density at radius 2 is 1.67 bits per heavy atom. The molecule has 0 saturated carbocycles. The van der Waals surface area contributed by atoms with Crippen LogP contribution >= 0.6 is 0 Å². The summed E-state index contributed by atoms with van der Waals surface area (Å²) in [4.78, 5) is 16.3. The van der Waals surface area contributed by atoms with E-state index in [2.05, 4.69) is 27.1 Å². The van der Waals surface area contributed by atoms with Crippen LogP contribution in [-0.2, 0) is 10.0 Å². The van der Waals surface area contributed by atoms with Gasteiger partial charge in [0.25, 0.3) is 15.9 Å². The van der Waals surface area contributed by atoms with Crippen molar-refractivity contribution in [3.8, 4) is 5.75 Å². The summed E-state index contributed by atoms with van der Waals surface area (Å²) in [7, 11) is -2.35. The molecule has 0 aliphatic carbocycles. The zero-order chi connectivity index (χ0) is 21.6.